The van der Waals surface area contributed by atoms with Crippen LogP contribution in [-0.4, -0.2) is 32.6 Å². The van der Waals surface area contributed by atoms with Gasteiger partial charge in [0.05, 0.1) is 28.2 Å². The normalized spacial score (nSPS) is 13.5. The zero-order chi connectivity index (χ0) is 18.5. The van der Waals surface area contributed by atoms with Crippen molar-refractivity contribution in [3.63, 3.8) is 0 Å². The first kappa shape index (κ1) is 20.1. The van der Waals surface area contributed by atoms with Gasteiger partial charge in [0, 0.05) is 6.07 Å². The van der Waals surface area contributed by atoms with Crippen molar-refractivity contribution in [3.8, 4) is 0 Å². The molecule has 0 spiro atoms. The van der Waals surface area contributed by atoms with Gasteiger partial charge in [0.1, 0.15) is 5.69 Å². The lowest BCUT2D eigenvalue weighted by Crippen LogP contribution is -2.30. The Labute approximate surface area is 147 Å². The number of hydrogen-bond donors (Lipinski definition) is 1. The summed E-state index contributed by atoms with van der Waals surface area (Å²) in [7, 11) is 0. The predicted octanol–water partition coefficient (Wildman–Crippen LogP) is 3.86. The summed E-state index contributed by atoms with van der Waals surface area (Å²) in [5, 5.41) is 25.2. The molecule has 1 aromatic carbocycles. The molecular formula is C11H10BrClF2N4O5. The molecule has 1 N–H and O–H groups in total. The third-order valence-corrected chi connectivity index (χ3v) is 3.27. The van der Waals surface area contributed by atoms with E-state index in [1.54, 1.807) is 0 Å². The maximum absolute atomic E-state index is 13.1. The van der Waals surface area contributed by atoms with Crippen molar-refractivity contribution in [2.75, 3.05) is 12.0 Å². The number of benzene rings is 1. The first-order valence-electron chi connectivity index (χ1n) is 6.06. The van der Waals surface area contributed by atoms with Crippen molar-refractivity contribution in [2.24, 2.45) is 5.10 Å². The van der Waals surface area contributed by atoms with Crippen LogP contribution in [-0.2, 0) is 4.74 Å². The van der Waals surface area contributed by atoms with E-state index in [-0.39, 0.29) is 11.4 Å². The molecule has 24 heavy (non-hydrogen) atoms. The zero-order valence-corrected chi connectivity index (χ0v) is 14.3. The fraction of sp³-hybridized carbons (Fsp3) is 0.364. The Morgan fingerprint density at radius 1 is 1.46 bits per heavy atom. The molecule has 1 atom stereocenters. The van der Waals surface area contributed by atoms with Crippen LogP contribution < -0.4 is 5.43 Å². The SMILES string of the molecule is C/C(COC(F)(F)[C@@H](Cl)Br)=N/Nc1ccc([N+](=O)[O-])cc1[N+](=O)[O-]. The van der Waals surface area contributed by atoms with Crippen LogP contribution in [0.2, 0.25) is 0 Å². The van der Waals surface area contributed by atoms with Crippen LogP contribution in [0.15, 0.2) is 23.3 Å². The Bertz CT molecular complexity index is 674. The van der Waals surface area contributed by atoms with Gasteiger partial charge in [-0.1, -0.05) is 15.9 Å². The zero-order valence-electron chi connectivity index (χ0n) is 11.9. The average Bonchev–Trinajstić information content (AvgIpc) is 2.50. The van der Waals surface area contributed by atoms with Gasteiger partial charge < -0.3 is 4.74 Å². The minimum absolute atomic E-state index is 0.0344. The molecule has 0 aliphatic carbocycles. The van der Waals surface area contributed by atoms with Crippen molar-refractivity contribution in [1.82, 2.24) is 0 Å². The second-order valence-electron chi connectivity index (χ2n) is 4.33. The molecular weight excluding hydrogens is 421 g/mol. The first-order valence-corrected chi connectivity index (χ1v) is 7.41. The molecule has 0 aromatic heterocycles. The molecule has 9 nitrogen and oxygen atoms in total. The number of nitro benzene ring substituents is 2. The third kappa shape index (κ3) is 5.62. The van der Waals surface area contributed by atoms with Gasteiger partial charge >= 0.3 is 11.8 Å². The summed E-state index contributed by atoms with van der Waals surface area (Å²) in [6.45, 7) is 0.730. The van der Waals surface area contributed by atoms with Gasteiger partial charge in [0.2, 0.25) is 0 Å². The van der Waals surface area contributed by atoms with Crippen molar-refractivity contribution in [1.29, 1.82) is 0 Å². The lowest BCUT2D eigenvalue weighted by Gasteiger charge is -2.17. The highest BCUT2D eigenvalue weighted by atomic mass is 79.9. The highest BCUT2D eigenvalue weighted by Gasteiger charge is 2.38. The quantitative estimate of drug-likeness (QED) is 0.289. The number of hydrazone groups is 1. The number of non-ortho nitro benzene ring substituents is 1. The Balaban J connectivity index is 2.85. The fourth-order valence-corrected chi connectivity index (χ4v) is 1.53. The molecule has 0 heterocycles. The van der Waals surface area contributed by atoms with Crippen LogP contribution in [0.4, 0.5) is 25.8 Å². The number of ether oxygens (including phenoxy) is 1. The van der Waals surface area contributed by atoms with Crippen molar-refractivity contribution < 1.29 is 23.4 Å². The average molecular weight is 432 g/mol. The van der Waals surface area contributed by atoms with Crippen LogP contribution in [0, 0.1) is 20.2 Å². The molecule has 0 aliphatic heterocycles. The summed E-state index contributed by atoms with van der Waals surface area (Å²) in [4.78, 5) is 19.9. The molecule has 0 bridgehead atoms. The van der Waals surface area contributed by atoms with Crippen molar-refractivity contribution in [2.45, 2.75) is 17.3 Å². The van der Waals surface area contributed by atoms with Gasteiger partial charge in [-0.15, -0.1) is 11.6 Å². The molecule has 1 aromatic rings. The Hall–Kier alpha value is -1.92. The number of anilines is 1. The topological polar surface area (TPSA) is 120 Å². The smallest absolute Gasteiger partial charge is 0.312 e. The van der Waals surface area contributed by atoms with E-state index in [4.69, 9.17) is 11.6 Å². The molecule has 0 fully saturated rings. The van der Waals surface area contributed by atoms with Gasteiger partial charge in [-0.25, -0.2) is 0 Å². The standard InChI is InChI=1S/C11H10BrClF2N4O5/c1-6(5-24-11(14,15)10(12)13)16-17-8-3-2-7(18(20)21)4-9(8)19(22)23/h2-4,10,17H,5H2,1H3/b16-6-/t10-/m1/s1. The van der Waals surface area contributed by atoms with Gasteiger partial charge in [-0.3, -0.25) is 25.7 Å². The summed E-state index contributed by atoms with van der Waals surface area (Å²) in [6.07, 6.45) is -3.64. The summed E-state index contributed by atoms with van der Waals surface area (Å²) < 4.78 is 28.8. The summed E-state index contributed by atoms with van der Waals surface area (Å²) >= 11 is 7.65. The molecule has 1 rings (SSSR count). The number of nitrogens with one attached hydrogen (secondary N) is 1. The van der Waals surface area contributed by atoms with Gasteiger partial charge in [-0.05, 0) is 13.0 Å². The van der Waals surface area contributed by atoms with Crippen molar-refractivity contribution in [3.05, 3.63) is 38.4 Å². The molecule has 0 unspecified atom stereocenters. The first-order chi connectivity index (χ1) is 11.0. The molecule has 132 valence electrons. The number of nitro groups is 2. The van der Waals surface area contributed by atoms with E-state index in [2.05, 4.69) is 31.2 Å². The van der Waals surface area contributed by atoms with Crippen LogP contribution in [0.3, 0.4) is 0 Å². The van der Waals surface area contributed by atoms with E-state index in [1.165, 1.54) is 6.92 Å². The number of rotatable bonds is 8. The van der Waals surface area contributed by atoms with Crippen LogP contribution >= 0.6 is 27.5 Å². The second-order valence-corrected chi connectivity index (χ2v) is 6.21. The summed E-state index contributed by atoms with van der Waals surface area (Å²) in [6, 6.07) is 2.87. The number of halogens is 4. The highest BCUT2D eigenvalue weighted by Crippen LogP contribution is 2.30. The van der Waals surface area contributed by atoms with Crippen molar-refractivity contribution >= 4 is 50.3 Å². The molecule has 0 amide bonds. The van der Waals surface area contributed by atoms with E-state index in [1.807, 2.05) is 0 Å². The third-order valence-electron chi connectivity index (χ3n) is 2.48. The van der Waals surface area contributed by atoms with Gasteiger partial charge in [0.25, 0.3) is 5.69 Å². The molecule has 0 aliphatic rings. The van der Waals surface area contributed by atoms with E-state index < -0.39 is 38.2 Å². The van der Waals surface area contributed by atoms with Gasteiger partial charge in [-0.2, -0.15) is 13.9 Å². The second kappa shape index (κ2) is 8.26. The minimum Gasteiger partial charge on any atom is -0.312 e. The Morgan fingerprint density at radius 3 is 2.58 bits per heavy atom. The Kier molecular flexibility index (Phi) is 6.93. The monoisotopic (exact) mass is 430 g/mol. The van der Waals surface area contributed by atoms with E-state index in [0.29, 0.717) is 0 Å². The maximum Gasteiger partial charge on any atom is 0.382 e. The van der Waals surface area contributed by atoms with Crippen LogP contribution in [0.25, 0.3) is 0 Å². The summed E-state index contributed by atoms with van der Waals surface area (Å²) in [5.41, 5.74) is 1.11. The highest BCUT2D eigenvalue weighted by molar-refractivity contribution is 9.10. The number of nitrogens with zero attached hydrogens (tertiary/aromatic N) is 3. The number of alkyl halides is 4. The molecule has 0 saturated carbocycles. The number of hydrogen-bond acceptors (Lipinski definition) is 7. The fourth-order valence-electron chi connectivity index (χ4n) is 1.33. The van der Waals surface area contributed by atoms with E-state index >= 15 is 0 Å². The van der Waals surface area contributed by atoms with Crippen LogP contribution in [0.1, 0.15) is 6.92 Å². The molecule has 0 saturated heterocycles. The largest absolute Gasteiger partial charge is 0.382 e. The lowest BCUT2D eigenvalue weighted by atomic mass is 10.2. The predicted molar refractivity (Wildman–Crippen MR) is 85.9 cm³/mol. The van der Waals surface area contributed by atoms with E-state index in [9.17, 15) is 29.0 Å². The van der Waals surface area contributed by atoms with Crippen LogP contribution in [0.5, 0.6) is 0 Å². The van der Waals surface area contributed by atoms with Gasteiger partial charge in [0.15, 0.2) is 4.29 Å². The molecule has 13 heteroatoms. The lowest BCUT2D eigenvalue weighted by molar-refractivity contribution is -0.393. The van der Waals surface area contributed by atoms with E-state index in [0.717, 1.165) is 18.2 Å². The molecule has 0 radical (unpaired) electrons. The minimum atomic E-state index is -3.64. The summed E-state index contributed by atoms with van der Waals surface area (Å²) in [5.74, 6) is 0. The maximum atomic E-state index is 13.1. The Morgan fingerprint density at radius 2 is 2.08 bits per heavy atom.